The minimum Gasteiger partial charge on any atom is -0.472 e. The summed E-state index contributed by atoms with van der Waals surface area (Å²) in [5, 5.41) is 8.03. The largest absolute Gasteiger partial charge is 0.472 e. The van der Waals surface area contributed by atoms with Crippen molar-refractivity contribution in [1.82, 2.24) is 0 Å². The maximum absolute atomic E-state index is 10.4. The zero-order valence-corrected chi connectivity index (χ0v) is 6.38. The molecule has 0 spiro atoms. The van der Waals surface area contributed by atoms with Crippen molar-refractivity contribution in [3.05, 3.63) is 0 Å². The van der Waals surface area contributed by atoms with Crippen molar-refractivity contribution in [2.75, 3.05) is 6.61 Å². The fourth-order valence-electron chi connectivity index (χ4n) is 0.270. The van der Waals surface area contributed by atoms with Gasteiger partial charge in [-0.25, -0.2) is 9.36 Å². The van der Waals surface area contributed by atoms with Crippen molar-refractivity contribution in [1.29, 1.82) is 0 Å². The van der Waals surface area contributed by atoms with E-state index >= 15 is 0 Å². The minimum atomic E-state index is -4.36. The van der Waals surface area contributed by atoms with Crippen LogP contribution in [0.1, 0.15) is 13.3 Å². The molecule has 60 valence electrons. The lowest BCUT2D eigenvalue weighted by Gasteiger charge is -2.04. The first-order chi connectivity index (χ1) is 4.50. The molecule has 0 saturated heterocycles. The fourth-order valence-corrected chi connectivity index (χ4v) is 0.811. The monoisotopic (exact) mass is 168 g/mol. The number of carboxylic acid groups (broad SMARTS) is 1. The maximum Gasteiger partial charge on any atom is 0.435 e. The van der Waals surface area contributed by atoms with Crippen molar-refractivity contribution in [2.45, 2.75) is 13.3 Å². The van der Waals surface area contributed by atoms with Crippen LogP contribution in [-0.4, -0.2) is 22.3 Å². The minimum absolute atomic E-state index is 0.0138. The SMILES string of the molecule is CCCOP(=O)(O)C(=O)O. The molecule has 0 aromatic heterocycles. The topological polar surface area (TPSA) is 83.8 Å². The van der Waals surface area contributed by atoms with E-state index in [1.807, 2.05) is 0 Å². The van der Waals surface area contributed by atoms with Gasteiger partial charge in [0.2, 0.25) is 0 Å². The predicted molar refractivity (Wildman–Crippen MR) is 34.1 cm³/mol. The molecule has 0 saturated carbocycles. The summed E-state index contributed by atoms with van der Waals surface area (Å²) in [6.45, 7) is 1.70. The third-order valence-corrected chi connectivity index (χ3v) is 1.73. The van der Waals surface area contributed by atoms with Crippen molar-refractivity contribution < 1.29 is 23.9 Å². The second kappa shape index (κ2) is 3.71. The second-order valence-electron chi connectivity index (χ2n) is 1.64. The van der Waals surface area contributed by atoms with Crippen LogP contribution in [0.5, 0.6) is 0 Å². The lowest BCUT2D eigenvalue weighted by Crippen LogP contribution is -1.99. The average molecular weight is 168 g/mol. The highest BCUT2D eigenvalue weighted by Crippen LogP contribution is 2.42. The van der Waals surface area contributed by atoms with Gasteiger partial charge in [0.25, 0.3) is 0 Å². The standard InChI is InChI=1S/C4H9O5P/c1-2-3-9-10(7,8)4(5)6/h2-3H2,1H3,(H,5,6)(H,7,8). The molecule has 0 heterocycles. The molecule has 5 nitrogen and oxygen atoms in total. The third kappa shape index (κ3) is 2.96. The van der Waals surface area contributed by atoms with E-state index in [0.717, 1.165) is 0 Å². The Morgan fingerprint density at radius 2 is 2.20 bits per heavy atom. The number of carbonyl (C=O) groups is 1. The van der Waals surface area contributed by atoms with Crippen LogP contribution in [0.4, 0.5) is 4.79 Å². The lowest BCUT2D eigenvalue weighted by atomic mass is 10.5. The molecule has 0 aliphatic carbocycles. The van der Waals surface area contributed by atoms with Gasteiger partial charge in [-0.1, -0.05) is 6.92 Å². The Hall–Kier alpha value is -0.380. The van der Waals surface area contributed by atoms with Gasteiger partial charge in [0.15, 0.2) is 0 Å². The van der Waals surface area contributed by atoms with Gasteiger partial charge in [0.05, 0.1) is 6.61 Å². The number of hydrogen-bond donors (Lipinski definition) is 2. The molecule has 0 aromatic rings. The van der Waals surface area contributed by atoms with Gasteiger partial charge in [-0.05, 0) is 6.42 Å². The van der Waals surface area contributed by atoms with Gasteiger partial charge in [-0.2, -0.15) is 0 Å². The number of hydrogen-bond acceptors (Lipinski definition) is 3. The van der Waals surface area contributed by atoms with Gasteiger partial charge < -0.3 is 14.5 Å². The summed E-state index contributed by atoms with van der Waals surface area (Å²) in [4.78, 5) is 18.3. The maximum atomic E-state index is 10.4. The Labute approximate surface area is 58.2 Å². The first-order valence-electron chi connectivity index (χ1n) is 2.71. The zero-order chi connectivity index (χ0) is 8.20. The van der Waals surface area contributed by atoms with Crippen LogP contribution in [0.2, 0.25) is 0 Å². The molecule has 1 atom stereocenters. The quantitative estimate of drug-likeness (QED) is 0.617. The van der Waals surface area contributed by atoms with E-state index in [4.69, 9.17) is 10.00 Å². The van der Waals surface area contributed by atoms with E-state index in [1.165, 1.54) is 0 Å². The summed E-state index contributed by atoms with van der Waals surface area (Å²) in [6, 6.07) is 0. The van der Waals surface area contributed by atoms with E-state index < -0.39 is 13.3 Å². The van der Waals surface area contributed by atoms with Gasteiger partial charge in [0.1, 0.15) is 0 Å². The van der Waals surface area contributed by atoms with Crippen LogP contribution < -0.4 is 0 Å². The molecule has 0 fully saturated rings. The summed E-state index contributed by atoms with van der Waals surface area (Å²) < 4.78 is 14.6. The third-order valence-electron chi connectivity index (χ3n) is 0.712. The molecule has 0 radical (unpaired) electrons. The molecule has 10 heavy (non-hydrogen) atoms. The van der Waals surface area contributed by atoms with E-state index in [-0.39, 0.29) is 6.61 Å². The Morgan fingerprint density at radius 3 is 2.50 bits per heavy atom. The molecule has 0 aromatic carbocycles. The normalized spacial score (nSPS) is 16.2. The summed E-state index contributed by atoms with van der Waals surface area (Å²) >= 11 is 0. The summed E-state index contributed by atoms with van der Waals surface area (Å²) in [6.07, 6.45) is 0.512. The Kier molecular flexibility index (Phi) is 3.57. The van der Waals surface area contributed by atoms with Crippen LogP contribution in [0.15, 0.2) is 0 Å². The van der Waals surface area contributed by atoms with Crippen LogP contribution in [0, 0.1) is 0 Å². The van der Waals surface area contributed by atoms with E-state index in [1.54, 1.807) is 6.92 Å². The van der Waals surface area contributed by atoms with Crippen molar-refractivity contribution in [3.8, 4) is 0 Å². The Balaban J connectivity index is 3.89. The highest BCUT2D eigenvalue weighted by molar-refractivity contribution is 7.70. The van der Waals surface area contributed by atoms with Crippen molar-refractivity contribution >= 4 is 13.3 Å². The molecule has 0 bridgehead atoms. The summed E-state index contributed by atoms with van der Waals surface area (Å²) in [5.41, 5.74) is -1.80. The van der Waals surface area contributed by atoms with Gasteiger partial charge in [0, 0.05) is 0 Å². The smallest absolute Gasteiger partial charge is 0.435 e. The predicted octanol–water partition coefficient (Wildman–Crippen LogP) is 1.28. The molecule has 0 aliphatic heterocycles. The van der Waals surface area contributed by atoms with Crippen LogP contribution >= 0.6 is 7.60 Å². The molecule has 2 N–H and O–H groups in total. The molecule has 6 heteroatoms. The van der Waals surface area contributed by atoms with Gasteiger partial charge >= 0.3 is 13.3 Å². The molecule has 1 unspecified atom stereocenters. The van der Waals surface area contributed by atoms with E-state index in [0.29, 0.717) is 6.42 Å². The van der Waals surface area contributed by atoms with E-state index in [2.05, 4.69) is 4.52 Å². The average Bonchev–Trinajstić information content (AvgIpc) is 1.84. The molecule has 0 rings (SSSR count). The van der Waals surface area contributed by atoms with Gasteiger partial charge in [-0.3, -0.25) is 0 Å². The Morgan fingerprint density at radius 1 is 1.70 bits per heavy atom. The fraction of sp³-hybridized carbons (Fsp3) is 0.750. The first kappa shape index (κ1) is 9.62. The zero-order valence-electron chi connectivity index (χ0n) is 5.48. The summed E-state index contributed by atoms with van der Waals surface area (Å²) in [5.74, 6) is 0. The lowest BCUT2D eigenvalue weighted by molar-refractivity contribution is 0.196. The van der Waals surface area contributed by atoms with Crippen molar-refractivity contribution in [2.24, 2.45) is 0 Å². The molecular formula is C4H9O5P. The van der Waals surface area contributed by atoms with Crippen LogP contribution in [-0.2, 0) is 9.09 Å². The van der Waals surface area contributed by atoms with Crippen LogP contribution in [0.25, 0.3) is 0 Å². The highest BCUT2D eigenvalue weighted by Gasteiger charge is 2.29. The molecule has 0 amide bonds. The van der Waals surface area contributed by atoms with Crippen LogP contribution in [0.3, 0.4) is 0 Å². The first-order valence-corrected chi connectivity index (χ1v) is 4.29. The second-order valence-corrected chi connectivity index (χ2v) is 3.32. The van der Waals surface area contributed by atoms with E-state index in [9.17, 15) is 9.36 Å². The molecule has 0 aliphatic rings. The highest BCUT2D eigenvalue weighted by atomic mass is 31.2. The van der Waals surface area contributed by atoms with Gasteiger partial charge in [-0.15, -0.1) is 0 Å². The number of rotatable bonds is 4. The Bertz CT molecular complexity index is 165. The summed E-state index contributed by atoms with van der Waals surface area (Å²) in [7, 11) is -4.36. The van der Waals surface area contributed by atoms with Crippen molar-refractivity contribution in [3.63, 3.8) is 0 Å². The molecular weight excluding hydrogens is 159 g/mol.